The number of aromatic nitrogens is 2. The lowest BCUT2D eigenvalue weighted by Crippen LogP contribution is -2.38. The maximum absolute atomic E-state index is 12.4. The van der Waals surface area contributed by atoms with E-state index in [1.165, 1.54) is 11.3 Å². The first-order valence-electron chi connectivity index (χ1n) is 7.47. The fourth-order valence-corrected chi connectivity index (χ4v) is 3.01. The molecule has 5 nitrogen and oxygen atoms in total. The zero-order chi connectivity index (χ0) is 16.3. The van der Waals surface area contributed by atoms with Crippen molar-refractivity contribution in [2.45, 2.75) is 45.8 Å². The van der Waals surface area contributed by atoms with Crippen LogP contribution >= 0.6 is 11.3 Å². The average Bonchev–Trinajstić information content (AvgIpc) is 3.13. The first kappa shape index (κ1) is 16.7. The Morgan fingerprint density at radius 1 is 1.55 bits per heavy atom. The molecule has 0 bridgehead atoms. The van der Waals surface area contributed by atoms with Gasteiger partial charge in [0.25, 0.3) is 5.91 Å². The molecule has 0 aliphatic rings. The van der Waals surface area contributed by atoms with E-state index in [0.29, 0.717) is 5.56 Å². The number of hydrogen-bond acceptors (Lipinski definition) is 4. The molecule has 2 aromatic heterocycles. The van der Waals surface area contributed by atoms with E-state index in [4.69, 9.17) is 0 Å². The molecule has 0 unspecified atom stereocenters. The normalized spacial score (nSPS) is 14.1. The summed E-state index contributed by atoms with van der Waals surface area (Å²) >= 11 is 1.48. The lowest BCUT2D eigenvalue weighted by molar-refractivity contribution is 0.0556. The van der Waals surface area contributed by atoms with E-state index in [9.17, 15) is 9.90 Å². The third kappa shape index (κ3) is 3.56. The van der Waals surface area contributed by atoms with Crippen molar-refractivity contribution in [2.75, 3.05) is 6.54 Å². The third-order valence-electron chi connectivity index (χ3n) is 3.55. The number of nitrogens with one attached hydrogen (secondary N) is 1. The Morgan fingerprint density at radius 2 is 2.27 bits per heavy atom. The number of amides is 1. The van der Waals surface area contributed by atoms with Crippen LogP contribution in [0.3, 0.4) is 0 Å². The number of rotatable bonds is 6. The van der Waals surface area contributed by atoms with Gasteiger partial charge in [0.1, 0.15) is 5.60 Å². The summed E-state index contributed by atoms with van der Waals surface area (Å²) in [4.78, 5) is 13.3. The predicted octanol–water partition coefficient (Wildman–Crippen LogP) is 2.73. The summed E-state index contributed by atoms with van der Waals surface area (Å²) in [5.41, 5.74) is 0.303. The second-order valence-corrected chi connectivity index (χ2v) is 6.82. The largest absolute Gasteiger partial charge is 0.383 e. The van der Waals surface area contributed by atoms with Gasteiger partial charge in [-0.3, -0.25) is 9.48 Å². The summed E-state index contributed by atoms with van der Waals surface area (Å²) in [7, 11) is 0. The van der Waals surface area contributed by atoms with Crippen LogP contribution in [0.2, 0.25) is 0 Å². The van der Waals surface area contributed by atoms with Crippen molar-refractivity contribution in [3.63, 3.8) is 0 Å². The molecule has 0 aromatic carbocycles. The Balaban J connectivity index is 2.11. The molecule has 1 atom stereocenters. The summed E-state index contributed by atoms with van der Waals surface area (Å²) in [6.45, 7) is 8.61. The van der Waals surface area contributed by atoms with Gasteiger partial charge in [0.15, 0.2) is 0 Å². The number of hydrogen-bond donors (Lipinski definition) is 2. The van der Waals surface area contributed by atoms with Crippen LogP contribution in [0, 0.1) is 0 Å². The maximum Gasteiger partial charge on any atom is 0.254 e. The van der Waals surface area contributed by atoms with Gasteiger partial charge in [-0.2, -0.15) is 5.10 Å². The number of carbonyl (C=O) groups excluding carboxylic acids is 1. The fourth-order valence-electron chi connectivity index (χ4n) is 2.22. The van der Waals surface area contributed by atoms with Crippen molar-refractivity contribution in [2.24, 2.45) is 0 Å². The number of aryl methyl sites for hydroxylation is 1. The summed E-state index contributed by atoms with van der Waals surface area (Å²) in [6.07, 6.45) is 1.77. The Labute approximate surface area is 135 Å². The molecule has 0 fully saturated rings. The molecule has 0 aliphatic heterocycles. The Hall–Kier alpha value is -1.66. The molecule has 2 N–H and O–H groups in total. The molecule has 1 amide bonds. The van der Waals surface area contributed by atoms with Crippen LogP contribution < -0.4 is 5.32 Å². The van der Waals surface area contributed by atoms with Crippen molar-refractivity contribution in [3.05, 3.63) is 39.8 Å². The fraction of sp³-hybridized carbons (Fsp3) is 0.500. The first-order chi connectivity index (χ1) is 10.3. The van der Waals surface area contributed by atoms with Crippen LogP contribution in [0.15, 0.2) is 23.7 Å². The van der Waals surface area contributed by atoms with Crippen molar-refractivity contribution in [3.8, 4) is 0 Å². The van der Waals surface area contributed by atoms with Gasteiger partial charge in [-0.15, -0.1) is 11.3 Å². The van der Waals surface area contributed by atoms with Gasteiger partial charge in [-0.25, -0.2) is 0 Å². The van der Waals surface area contributed by atoms with E-state index in [-0.39, 0.29) is 18.4 Å². The van der Waals surface area contributed by atoms with Gasteiger partial charge < -0.3 is 10.4 Å². The summed E-state index contributed by atoms with van der Waals surface area (Å²) in [5, 5.41) is 19.6. The zero-order valence-electron chi connectivity index (χ0n) is 13.5. The molecule has 0 aliphatic carbocycles. The molecule has 2 rings (SSSR count). The molecular weight excluding hydrogens is 298 g/mol. The highest BCUT2D eigenvalue weighted by atomic mass is 32.1. The summed E-state index contributed by atoms with van der Waals surface area (Å²) in [6, 6.07) is 3.75. The standard InChI is InChI=1S/C16H23N3O2S/c1-5-19-9-12(14(18-19)11(2)3)15(20)17-10-16(4,21)13-7-6-8-22-13/h6-9,11,21H,5,10H2,1-4H3,(H,17,20)/t16-/m1/s1. The van der Waals surface area contributed by atoms with Crippen LogP contribution in [-0.4, -0.2) is 27.3 Å². The minimum atomic E-state index is -1.07. The van der Waals surface area contributed by atoms with Gasteiger partial charge in [-0.05, 0) is 31.2 Å². The molecule has 120 valence electrons. The number of thiophene rings is 1. The maximum atomic E-state index is 12.4. The van der Waals surface area contributed by atoms with Crippen LogP contribution in [0.5, 0.6) is 0 Å². The second-order valence-electron chi connectivity index (χ2n) is 5.87. The Kier molecular flexibility index (Phi) is 5.03. The highest BCUT2D eigenvalue weighted by Crippen LogP contribution is 2.25. The van der Waals surface area contributed by atoms with E-state index in [1.807, 2.05) is 38.3 Å². The molecular formula is C16H23N3O2S. The molecule has 22 heavy (non-hydrogen) atoms. The van der Waals surface area contributed by atoms with Gasteiger partial charge in [0.05, 0.1) is 17.8 Å². The molecule has 0 radical (unpaired) electrons. The minimum Gasteiger partial charge on any atom is -0.383 e. The summed E-state index contributed by atoms with van der Waals surface area (Å²) in [5.74, 6) is -0.0217. The Bertz CT molecular complexity index is 630. The topological polar surface area (TPSA) is 67.2 Å². The zero-order valence-corrected chi connectivity index (χ0v) is 14.3. The third-order valence-corrected chi connectivity index (χ3v) is 4.67. The number of carbonyl (C=O) groups is 1. The first-order valence-corrected chi connectivity index (χ1v) is 8.35. The SMILES string of the molecule is CCn1cc(C(=O)NC[C@@](C)(O)c2cccs2)c(C(C)C)n1. The quantitative estimate of drug-likeness (QED) is 0.859. The minimum absolute atomic E-state index is 0.168. The molecule has 6 heteroatoms. The van der Waals surface area contributed by atoms with Crippen molar-refractivity contribution >= 4 is 17.2 Å². The van der Waals surface area contributed by atoms with Crippen molar-refractivity contribution in [1.29, 1.82) is 0 Å². The average molecular weight is 321 g/mol. The number of nitrogens with zero attached hydrogens (tertiary/aromatic N) is 2. The lowest BCUT2D eigenvalue weighted by atomic mass is 10.0. The van der Waals surface area contributed by atoms with Crippen LogP contribution in [0.4, 0.5) is 0 Å². The van der Waals surface area contributed by atoms with E-state index in [2.05, 4.69) is 10.4 Å². The summed E-state index contributed by atoms with van der Waals surface area (Å²) < 4.78 is 1.77. The lowest BCUT2D eigenvalue weighted by Gasteiger charge is -2.22. The van der Waals surface area contributed by atoms with E-state index in [0.717, 1.165) is 17.1 Å². The molecule has 2 heterocycles. The van der Waals surface area contributed by atoms with Crippen molar-refractivity contribution in [1.82, 2.24) is 15.1 Å². The van der Waals surface area contributed by atoms with E-state index < -0.39 is 5.60 Å². The number of aliphatic hydroxyl groups is 1. The predicted molar refractivity (Wildman–Crippen MR) is 88.2 cm³/mol. The van der Waals surface area contributed by atoms with Gasteiger partial charge in [0, 0.05) is 17.6 Å². The highest BCUT2D eigenvalue weighted by molar-refractivity contribution is 7.10. The van der Waals surface area contributed by atoms with Crippen LogP contribution in [-0.2, 0) is 12.1 Å². The van der Waals surface area contributed by atoms with Crippen molar-refractivity contribution < 1.29 is 9.90 Å². The van der Waals surface area contributed by atoms with Crippen LogP contribution in [0.25, 0.3) is 0 Å². The smallest absolute Gasteiger partial charge is 0.254 e. The molecule has 0 saturated carbocycles. The van der Waals surface area contributed by atoms with E-state index >= 15 is 0 Å². The van der Waals surface area contributed by atoms with E-state index in [1.54, 1.807) is 17.8 Å². The van der Waals surface area contributed by atoms with Gasteiger partial charge in [0.2, 0.25) is 0 Å². The van der Waals surface area contributed by atoms with Gasteiger partial charge in [-0.1, -0.05) is 19.9 Å². The molecule has 2 aromatic rings. The molecule has 0 saturated heterocycles. The second kappa shape index (κ2) is 6.62. The highest BCUT2D eigenvalue weighted by Gasteiger charge is 2.26. The molecule has 0 spiro atoms. The monoisotopic (exact) mass is 321 g/mol. The van der Waals surface area contributed by atoms with Crippen LogP contribution in [0.1, 0.15) is 54.5 Å². The van der Waals surface area contributed by atoms with Gasteiger partial charge >= 0.3 is 0 Å². The Morgan fingerprint density at radius 3 is 2.82 bits per heavy atom.